The van der Waals surface area contributed by atoms with Crippen LogP contribution in [0, 0.1) is 6.92 Å². The van der Waals surface area contributed by atoms with Crippen molar-refractivity contribution in [1.82, 2.24) is 0 Å². The first-order valence-electron chi connectivity index (χ1n) is 2.18. The molecular formula is C6H9OS. The van der Waals surface area contributed by atoms with Crippen molar-refractivity contribution in [3.05, 3.63) is 31.1 Å². The Morgan fingerprint density at radius 2 is 2.25 bits per heavy atom. The van der Waals surface area contributed by atoms with Crippen molar-refractivity contribution < 1.29 is 4.55 Å². The molecule has 0 saturated heterocycles. The van der Waals surface area contributed by atoms with Gasteiger partial charge in [0, 0.05) is 6.92 Å². The van der Waals surface area contributed by atoms with Gasteiger partial charge in [0.2, 0.25) is 0 Å². The van der Waals surface area contributed by atoms with Crippen molar-refractivity contribution >= 4 is 11.2 Å². The molecule has 0 aromatic heterocycles. The molecule has 0 aliphatic heterocycles. The van der Waals surface area contributed by atoms with E-state index in [2.05, 4.69) is 20.1 Å². The predicted molar refractivity (Wildman–Crippen MR) is 37.7 cm³/mol. The first kappa shape index (κ1) is 7.79. The molecule has 0 fully saturated rings. The highest BCUT2D eigenvalue weighted by molar-refractivity contribution is 7.95. The molecular weight excluding hydrogens is 120 g/mol. The van der Waals surface area contributed by atoms with Crippen LogP contribution in [-0.4, -0.2) is 10.3 Å². The Hall–Kier alpha value is -0.210. The fraction of sp³-hybridized carbons (Fsp3) is 0.167. The molecule has 1 radical (unpaired) electrons. The second-order valence-corrected chi connectivity index (χ2v) is 2.94. The van der Waals surface area contributed by atoms with E-state index in [9.17, 15) is 4.55 Å². The molecule has 0 heterocycles. The van der Waals surface area contributed by atoms with Gasteiger partial charge in [-0.1, -0.05) is 6.58 Å². The van der Waals surface area contributed by atoms with Gasteiger partial charge in [0.1, 0.15) is 10.7 Å². The maximum absolute atomic E-state index is 10.6. The zero-order valence-electron chi connectivity index (χ0n) is 4.72. The topological polar surface area (TPSA) is 23.1 Å². The summed E-state index contributed by atoms with van der Waals surface area (Å²) in [6.45, 7) is 10.3. The monoisotopic (exact) mass is 129 g/mol. The van der Waals surface area contributed by atoms with E-state index < -0.39 is 11.2 Å². The van der Waals surface area contributed by atoms with Gasteiger partial charge in [0.15, 0.2) is 0 Å². The summed E-state index contributed by atoms with van der Waals surface area (Å²) in [5.74, 6) is 0.461. The standard InChI is InChI=1S/C6H9OS/c1-4-5-8(7)6(2)3/h4H,1-3,5H2. The molecule has 0 aromatic rings. The third-order valence-corrected chi connectivity index (χ3v) is 1.77. The van der Waals surface area contributed by atoms with Crippen molar-refractivity contribution in [3.8, 4) is 0 Å². The van der Waals surface area contributed by atoms with Gasteiger partial charge in [-0.05, 0) is 23.8 Å². The van der Waals surface area contributed by atoms with E-state index in [0.717, 1.165) is 0 Å². The summed E-state index contributed by atoms with van der Waals surface area (Å²) in [6, 6.07) is 0. The quantitative estimate of drug-likeness (QED) is 0.415. The van der Waals surface area contributed by atoms with E-state index in [1.54, 1.807) is 6.08 Å². The smallest absolute Gasteiger partial charge is 0.128 e. The minimum Gasteiger partial charge on any atom is -0.611 e. The summed E-state index contributed by atoms with van der Waals surface area (Å²) in [5, 5.41) is 0. The van der Waals surface area contributed by atoms with Crippen molar-refractivity contribution in [2.24, 2.45) is 0 Å². The lowest BCUT2D eigenvalue weighted by molar-refractivity contribution is 0.604. The molecule has 0 saturated carbocycles. The van der Waals surface area contributed by atoms with E-state index in [1.165, 1.54) is 0 Å². The van der Waals surface area contributed by atoms with Gasteiger partial charge in [-0.25, -0.2) is 0 Å². The average Bonchev–Trinajstić information content (AvgIpc) is 1.67. The van der Waals surface area contributed by atoms with Gasteiger partial charge >= 0.3 is 0 Å². The zero-order valence-corrected chi connectivity index (χ0v) is 5.54. The van der Waals surface area contributed by atoms with Gasteiger partial charge in [-0.15, -0.1) is 0 Å². The second kappa shape index (κ2) is 3.75. The summed E-state index contributed by atoms with van der Waals surface area (Å²) in [4.78, 5) is 0.463. The van der Waals surface area contributed by atoms with Crippen molar-refractivity contribution in [2.45, 2.75) is 0 Å². The van der Waals surface area contributed by atoms with Gasteiger partial charge in [-0.3, -0.25) is 0 Å². The lowest BCUT2D eigenvalue weighted by atomic mass is 10.7. The summed E-state index contributed by atoms with van der Waals surface area (Å²) < 4.78 is 10.6. The summed E-state index contributed by atoms with van der Waals surface area (Å²) in [7, 11) is 0. The van der Waals surface area contributed by atoms with E-state index in [-0.39, 0.29) is 0 Å². The van der Waals surface area contributed by atoms with Gasteiger partial charge in [-0.2, -0.15) is 0 Å². The van der Waals surface area contributed by atoms with Crippen LogP contribution in [-0.2, 0) is 11.2 Å². The van der Waals surface area contributed by atoms with Crippen LogP contribution < -0.4 is 0 Å². The number of hydrogen-bond donors (Lipinski definition) is 0. The lowest BCUT2D eigenvalue weighted by Gasteiger charge is -2.04. The Balaban J connectivity index is 3.46. The van der Waals surface area contributed by atoms with Crippen LogP contribution in [0.3, 0.4) is 0 Å². The Labute approximate surface area is 53.3 Å². The number of allylic oxidation sites excluding steroid dienone is 1. The number of rotatable bonds is 3. The third kappa shape index (κ3) is 2.88. The molecule has 45 valence electrons. The van der Waals surface area contributed by atoms with Gasteiger partial charge in [0.25, 0.3) is 0 Å². The lowest BCUT2D eigenvalue weighted by Crippen LogP contribution is -2.03. The van der Waals surface area contributed by atoms with Gasteiger partial charge < -0.3 is 4.55 Å². The molecule has 0 aliphatic rings. The molecule has 0 bridgehead atoms. The second-order valence-electron chi connectivity index (χ2n) is 1.34. The molecule has 0 rings (SSSR count). The Kier molecular flexibility index (Phi) is 3.65. The Morgan fingerprint density at radius 3 is 2.38 bits per heavy atom. The predicted octanol–water partition coefficient (Wildman–Crippen LogP) is 1.27. The normalized spacial score (nSPS) is 12.8. The molecule has 0 N–H and O–H groups in total. The maximum atomic E-state index is 10.6. The van der Waals surface area contributed by atoms with Crippen molar-refractivity contribution in [3.63, 3.8) is 0 Å². The van der Waals surface area contributed by atoms with E-state index in [0.29, 0.717) is 10.7 Å². The minimum atomic E-state index is -0.995. The third-order valence-electron chi connectivity index (χ3n) is 0.591. The molecule has 1 unspecified atom stereocenters. The highest BCUT2D eigenvalue weighted by Gasteiger charge is 2.01. The zero-order chi connectivity index (χ0) is 6.57. The summed E-state index contributed by atoms with van der Waals surface area (Å²) in [5.41, 5.74) is 0. The number of hydrogen-bond acceptors (Lipinski definition) is 1. The van der Waals surface area contributed by atoms with Crippen LogP contribution >= 0.6 is 0 Å². The molecule has 0 spiro atoms. The Bertz CT molecular complexity index is 98.7. The van der Waals surface area contributed by atoms with Crippen LogP contribution in [0.5, 0.6) is 0 Å². The average molecular weight is 129 g/mol. The first-order chi connectivity index (χ1) is 3.68. The molecule has 8 heavy (non-hydrogen) atoms. The van der Waals surface area contributed by atoms with Crippen LogP contribution in [0.4, 0.5) is 0 Å². The van der Waals surface area contributed by atoms with E-state index in [4.69, 9.17) is 0 Å². The highest BCUT2D eigenvalue weighted by Crippen LogP contribution is 2.01. The molecule has 1 nitrogen and oxygen atoms in total. The fourth-order valence-electron chi connectivity index (χ4n) is 0.225. The first-order valence-corrected chi connectivity index (χ1v) is 3.50. The maximum Gasteiger partial charge on any atom is 0.128 e. The highest BCUT2D eigenvalue weighted by atomic mass is 32.2. The van der Waals surface area contributed by atoms with Crippen molar-refractivity contribution in [1.29, 1.82) is 0 Å². The molecule has 1 atom stereocenters. The summed E-state index contributed by atoms with van der Waals surface area (Å²) in [6.07, 6.45) is 1.59. The van der Waals surface area contributed by atoms with Crippen molar-refractivity contribution in [2.75, 3.05) is 5.75 Å². The molecule has 0 aromatic carbocycles. The largest absolute Gasteiger partial charge is 0.611 e. The minimum absolute atomic E-state index is 0.461. The van der Waals surface area contributed by atoms with E-state index in [1.807, 2.05) is 0 Å². The van der Waals surface area contributed by atoms with Crippen LogP contribution in [0.2, 0.25) is 0 Å². The molecule has 0 amide bonds. The SMILES string of the molecule is [CH2]C(=C)[S+]([O-])CC=C. The van der Waals surface area contributed by atoms with Crippen LogP contribution in [0.25, 0.3) is 0 Å². The van der Waals surface area contributed by atoms with E-state index >= 15 is 0 Å². The molecule has 0 aliphatic carbocycles. The van der Waals surface area contributed by atoms with Crippen LogP contribution in [0.1, 0.15) is 0 Å². The van der Waals surface area contributed by atoms with Gasteiger partial charge in [0.05, 0.1) is 0 Å². The summed E-state index contributed by atoms with van der Waals surface area (Å²) >= 11 is -0.995. The Morgan fingerprint density at radius 1 is 1.75 bits per heavy atom. The van der Waals surface area contributed by atoms with Crippen LogP contribution in [0.15, 0.2) is 24.1 Å². The molecule has 2 heteroatoms. The fourth-order valence-corrected chi connectivity index (χ4v) is 0.675.